The van der Waals surface area contributed by atoms with Gasteiger partial charge in [0, 0.05) is 10.7 Å². The van der Waals surface area contributed by atoms with Gasteiger partial charge in [-0.05, 0) is 42.5 Å². The van der Waals surface area contributed by atoms with E-state index in [1.807, 2.05) is 0 Å². The summed E-state index contributed by atoms with van der Waals surface area (Å²) in [6.45, 7) is 0. The largest absolute Gasteiger partial charge is 0.497 e. The fourth-order valence-electron chi connectivity index (χ4n) is 2.99. The molecular weight excluding hydrogens is 390 g/mol. The number of sulfone groups is 1. The van der Waals surface area contributed by atoms with Crippen molar-refractivity contribution in [2.75, 3.05) is 23.5 Å². The summed E-state index contributed by atoms with van der Waals surface area (Å²) < 4.78 is 31.4. The van der Waals surface area contributed by atoms with Crippen LogP contribution >= 0.6 is 11.6 Å². The van der Waals surface area contributed by atoms with E-state index in [-0.39, 0.29) is 27.4 Å². The van der Waals surface area contributed by atoms with Gasteiger partial charge in [0.15, 0.2) is 16.5 Å². The minimum atomic E-state index is -3.95. The van der Waals surface area contributed by atoms with E-state index in [9.17, 15) is 8.42 Å². The normalized spacial score (nSPS) is 14.4. The Morgan fingerprint density at radius 3 is 2.44 bits per heavy atom. The maximum absolute atomic E-state index is 13.1. The fourth-order valence-corrected chi connectivity index (χ4v) is 4.75. The van der Waals surface area contributed by atoms with E-state index >= 15 is 0 Å². The van der Waals surface area contributed by atoms with E-state index in [0.29, 0.717) is 22.1 Å². The van der Waals surface area contributed by atoms with Gasteiger partial charge in [-0.25, -0.2) is 8.42 Å². The third-order valence-electron chi connectivity index (χ3n) is 4.15. The Morgan fingerprint density at radius 2 is 1.78 bits per heavy atom. The van der Waals surface area contributed by atoms with Crippen LogP contribution in [0, 0.1) is 0 Å². The third-order valence-corrected chi connectivity index (χ3v) is 6.24. The number of methoxy groups -OCH3 is 1. The lowest BCUT2D eigenvalue weighted by molar-refractivity contribution is 0.415. The first-order valence-electron chi connectivity index (χ1n) is 7.74. The SMILES string of the molecule is COc1ccc(N2c3cc(Cl)ccc3S(=O)(=O)c3c(N)nc(N)nc32)cc1. The van der Waals surface area contributed by atoms with Crippen LogP contribution in [-0.2, 0) is 9.84 Å². The number of benzene rings is 2. The van der Waals surface area contributed by atoms with Crippen molar-refractivity contribution in [1.82, 2.24) is 9.97 Å². The van der Waals surface area contributed by atoms with Crippen molar-refractivity contribution in [1.29, 1.82) is 0 Å². The summed E-state index contributed by atoms with van der Waals surface area (Å²) in [5.41, 5.74) is 12.6. The second-order valence-corrected chi connectivity index (χ2v) is 8.06. The molecule has 4 rings (SSSR count). The predicted molar refractivity (Wildman–Crippen MR) is 103 cm³/mol. The van der Waals surface area contributed by atoms with Crippen LogP contribution in [0.2, 0.25) is 5.02 Å². The third kappa shape index (κ3) is 2.63. The van der Waals surface area contributed by atoms with Crippen LogP contribution < -0.4 is 21.1 Å². The molecule has 0 bridgehead atoms. The number of nitrogens with two attached hydrogens (primary N) is 2. The van der Waals surface area contributed by atoms with Crippen LogP contribution in [0.25, 0.3) is 0 Å². The van der Waals surface area contributed by atoms with Crippen LogP contribution in [0.5, 0.6) is 5.75 Å². The van der Waals surface area contributed by atoms with Crippen molar-refractivity contribution in [3.63, 3.8) is 0 Å². The number of fused-ring (bicyclic) bond motifs is 2. The molecule has 0 saturated heterocycles. The number of rotatable bonds is 2. The molecule has 2 heterocycles. The molecule has 27 heavy (non-hydrogen) atoms. The molecule has 1 aliphatic heterocycles. The Hall–Kier alpha value is -3.04. The predicted octanol–water partition coefficient (Wildman–Crippen LogP) is 2.92. The highest BCUT2D eigenvalue weighted by Gasteiger charge is 2.39. The Morgan fingerprint density at radius 1 is 1.07 bits per heavy atom. The lowest BCUT2D eigenvalue weighted by Gasteiger charge is -2.32. The van der Waals surface area contributed by atoms with Gasteiger partial charge in [-0.2, -0.15) is 9.97 Å². The van der Waals surface area contributed by atoms with E-state index in [0.717, 1.165) is 0 Å². The number of nitrogen functional groups attached to an aromatic ring is 2. The van der Waals surface area contributed by atoms with Crippen molar-refractivity contribution in [2.45, 2.75) is 9.79 Å². The van der Waals surface area contributed by atoms with Gasteiger partial charge in [0.1, 0.15) is 5.75 Å². The molecule has 2 aromatic carbocycles. The average Bonchev–Trinajstić information content (AvgIpc) is 2.61. The molecule has 10 heteroatoms. The van der Waals surface area contributed by atoms with Gasteiger partial charge in [-0.15, -0.1) is 0 Å². The molecule has 3 aromatic rings. The molecule has 0 unspecified atom stereocenters. The number of hydrogen-bond donors (Lipinski definition) is 2. The second kappa shape index (κ2) is 6.00. The van der Waals surface area contributed by atoms with Gasteiger partial charge in [-0.1, -0.05) is 11.6 Å². The minimum Gasteiger partial charge on any atom is -0.497 e. The van der Waals surface area contributed by atoms with Gasteiger partial charge in [-0.3, -0.25) is 4.90 Å². The first kappa shape index (κ1) is 17.4. The van der Waals surface area contributed by atoms with Crippen molar-refractivity contribution in [3.8, 4) is 5.75 Å². The van der Waals surface area contributed by atoms with E-state index in [1.165, 1.54) is 12.1 Å². The summed E-state index contributed by atoms with van der Waals surface area (Å²) in [4.78, 5) is 9.47. The molecule has 0 amide bonds. The van der Waals surface area contributed by atoms with Crippen LogP contribution in [0.15, 0.2) is 52.3 Å². The molecule has 8 nitrogen and oxygen atoms in total. The first-order valence-corrected chi connectivity index (χ1v) is 9.61. The summed E-state index contributed by atoms with van der Waals surface area (Å²) in [6, 6.07) is 11.5. The van der Waals surface area contributed by atoms with Gasteiger partial charge < -0.3 is 16.2 Å². The molecule has 0 atom stereocenters. The molecule has 0 fully saturated rings. The highest BCUT2D eigenvalue weighted by molar-refractivity contribution is 7.92. The Labute approximate surface area is 160 Å². The molecule has 138 valence electrons. The van der Waals surface area contributed by atoms with Crippen molar-refractivity contribution < 1.29 is 13.2 Å². The number of halogens is 1. The lowest BCUT2D eigenvalue weighted by Crippen LogP contribution is -2.25. The maximum Gasteiger partial charge on any atom is 0.224 e. The Kier molecular flexibility index (Phi) is 3.86. The number of aromatic nitrogens is 2. The maximum atomic E-state index is 13.1. The fraction of sp³-hybridized carbons (Fsp3) is 0.0588. The number of ether oxygens (including phenoxy) is 1. The van der Waals surface area contributed by atoms with Gasteiger partial charge in [0.05, 0.1) is 17.7 Å². The van der Waals surface area contributed by atoms with Crippen LogP contribution in [0.1, 0.15) is 0 Å². The van der Waals surface area contributed by atoms with Gasteiger partial charge >= 0.3 is 0 Å². The summed E-state index contributed by atoms with van der Waals surface area (Å²) in [5.74, 6) is 0.374. The van der Waals surface area contributed by atoms with Crippen LogP contribution in [0.4, 0.5) is 29.0 Å². The smallest absolute Gasteiger partial charge is 0.224 e. The van der Waals surface area contributed by atoms with E-state index in [4.69, 9.17) is 27.8 Å². The highest BCUT2D eigenvalue weighted by atomic mass is 35.5. The zero-order chi connectivity index (χ0) is 19.3. The second-order valence-electron chi connectivity index (χ2n) is 5.77. The van der Waals surface area contributed by atoms with Crippen molar-refractivity contribution in [3.05, 3.63) is 47.5 Å². The lowest BCUT2D eigenvalue weighted by atomic mass is 10.2. The van der Waals surface area contributed by atoms with E-state index < -0.39 is 9.84 Å². The van der Waals surface area contributed by atoms with Crippen LogP contribution in [-0.4, -0.2) is 25.5 Å². The Balaban J connectivity index is 2.08. The quantitative estimate of drug-likeness (QED) is 0.523. The molecule has 0 saturated carbocycles. The van der Waals surface area contributed by atoms with Crippen molar-refractivity contribution >= 4 is 50.4 Å². The standard InChI is InChI=1S/C17H14ClN5O3S/c1-26-11-5-3-10(4-6-11)23-12-8-9(18)2-7-13(12)27(24,25)14-15(19)21-17(20)22-16(14)23/h2-8H,1H3,(H4,19,20,21,22). The van der Waals surface area contributed by atoms with Crippen molar-refractivity contribution in [2.24, 2.45) is 0 Å². The molecule has 0 spiro atoms. The number of anilines is 5. The molecule has 0 aliphatic carbocycles. The minimum absolute atomic E-state index is 0.0512. The van der Waals surface area contributed by atoms with Gasteiger partial charge in [0.2, 0.25) is 15.8 Å². The highest BCUT2D eigenvalue weighted by Crippen LogP contribution is 2.49. The molecule has 1 aromatic heterocycles. The van der Waals surface area contributed by atoms with E-state index in [1.54, 1.807) is 42.3 Å². The summed E-state index contributed by atoms with van der Waals surface area (Å²) in [5, 5.41) is 0.376. The average molecular weight is 404 g/mol. The van der Waals surface area contributed by atoms with Gasteiger partial charge in [0.25, 0.3) is 0 Å². The zero-order valence-electron chi connectivity index (χ0n) is 14.0. The summed E-state index contributed by atoms with van der Waals surface area (Å²) >= 11 is 6.14. The van der Waals surface area contributed by atoms with Crippen LogP contribution in [0.3, 0.4) is 0 Å². The summed E-state index contributed by atoms with van der Waals surface area (Å²) in [6.07, 6.45) is 0. The monoisotopic (exact) mass is 403 g/mol. The topological polar surface area (TPSA) is 124 Å². The Bertz CT molecular complexity index is 1170. The molecular formula is C17H14ClN5O3S. The molecule has 0 radical (unpaired) electrons. The zero-order valence-corrected chi connectivity index (χ0v) is 15.6. The summed E-state index contributed by atoms with van der Waals surface area (Å²) in [7, 11) is -2.39. The first-order chi connectivity index (χ1) is 12.8. The number of hydrogen-bond acceptors (Lipinski definition) is 8. The molecule has 1 aliphatic rings. The molecule has 4 N–H and O–H groups in total. The van der Waals surface area contributed by atoms with E-state index in [2.05, 4.69) is 9.97 Å². The number of nitrogens with zero attached hydrogens (tertiary/aromatic N) is 3.